The summed E-state index contributed by atoms with van der Waals surface area (Å²) in [6.07, 6.45) is 11.2. The molecule has 466 valence electrons. The van der Waals surface area contributed by atoms with Crippen LogP contribution in [-0.2, 0) is 92.7 Å². The second kappa shape index (κ2) is 27.8. The van der Waals surface area contributed by atoms with Gasteiger partial charge in [-0.25, -0.2) is 41.7 Å². The van der Waals surface area contributed by atoms with Crippen molar-refractivity contribution in [2.45, 2.75) is 172 Å². The molecule has 0 aliphatic heterocycles. The maximum Gasteiger partial charge on any atom is 0.471 e. The third kappa shape index (κ3) is 15.1. The van der Waals surface area contributed by atoms with E-state index >= 15 is 0 Å². The second-order valence-electron chi connectivity index (χ2n) is 20.8. The van der Waals surface area contributed by atoms with Crippen LogP contribution < -0.4 is 22.5 Å². The molecule has 8 aromatic rings. The summed E-state index contributed by atoms with van der Waals surface area (Å²) < 4.78 is 98.8. The second-order valence-corrected chi connectivity index (χ2v) is 22.0. The van der Waals surface area contributed by atoms with Crippen molar-refractivity contribution in [3.63, 3.8) is 0 Å². The molecule has 2 N–H and O–H groups in total. The van der Waals surface area contributed by atoms with Gasteiger partial charge in [0.2, 0.25) is 6.29 Å². The summed E-state index contributed by atoms with van der Waals surface area (Å²) in [6, 6.07) is 12.1. The minimum Gasteiger partial charge on any atom is -0.436 e. The van der Waals surface area contributed by atoms with Crippen molar-refractivity contribution in [2.24, 2.45) is 5.92 Å². The normalized spacial score (nSPS) is 13.7. The minimum absolute atomic E-state index is 0. The number of fused-ring (bicyclic) bond motifs is 2. The van der Waals surface area contributed by atoms with Gasteiger partial charge in [-0.3, -0.25) is 55.7 Å². The number of alkyl halides is 4. The van der Waals surface area contributed by atoms with Gasteiger partial charge in [-0.1, -0.05) is 76.9 Å². The predicted octanol–water partition coefficient (Wildman–Crippen LogP) is 8.75. The van der Waals surface area contributed by atoms with Crippen LogP contribution in [0.1, 0.15) is 123 Å². The standard InChI is InChI=1S/C32H40F2N6O5.C24H29F2N6O7P.CH4/c1-5-15-39-29(41)26-28(38(6-2)31(39)43)36-27(40(26)20-44-21(3)45-30(42)23-12-8-7-9-13-23)24-17-35-37(19-24)18-22-11-10-14-25(16-22)32(4,33)34;1-4-9-31-22(33)19-21(30(5-2)23(31)34)28-20(32(19)14-38-15-39-40(35,36)37)17-11-27-29(13-17)12-16-7-6-8-18(10-16)24(3,25)26;/h10-11,14,16-17,19,21,23H,5-9,12-13,15,18,20H2,1-4H3;6-8,10-11,13H,4-5,9,12,14-15H2,1-3H3,(H2,35,36,37);1H4. The highest BCUT2D eigenvalue weighted by atomic mass is 31.2. The molecular formula is C57H73F4N12O12P. The fourth-order valence-corrected chi connectivity index (χ4v) is 10.3. The van der Waals surface area contributed by atoms with Gasteiger partial charge in [-0.05, 0) is 69.7 Å². The quantitative estimate of drug-likeness (QED) is 0.0188. The molecule has 24 nitrogen and oxygen atoms in total. The molecule has 2 aromatic carbocycles. The molecule has 86 heavy (non-hydrogen) atoms. The number of esters is 1. The lowest BCUT2D eigenvalue weighted by atomic mass is 9.89. The van der Waals surface area contributed by atoms with E-state index in [0.29, 0.717) is 40.9 Å². The smallest absolute Gasteiger partial charge is 0.436 e. The van der Waals surface area contributed by atoms with Crippen LogP contribution in [0.2, 0.25) is 0 Å². The summed E-state index contributed by atoms with van der Waals surface area (Å²) in [5.41, 5.74) is 0.400. The van der Waals surface area contributed by atoms with Crippen LogP contribution in [0.4, 0.5) is 17.6 Å². The predicted molar refractivity (Wildman–Crippen MR) is 310 cm³/mol. The van der Waals surface area contributed by atoms with Crippen molar-refractivity contribution in [3.8, 4) is 22.8 Å². The van der Waals surface area contributed by atoms with E-state index in [1.165, 1.54) is 59.5 Å². The van der Waals surface area contributed by atoms with Gasteiger partial charge in [-0.15, -0.1) is 0 Å². The molecule has 1 fully saturated rings. The first kappa shape index (κ1) is 65.9. The number of halogens is 4. The third-order valence-corrected chi connectivity index (χ3v) is 14.7. The van der Waals surface area contributed by atoms with Gasteiger partial charge in [0.25, 0.3) is 23.0 Å². The number of carbonyl (C=O) groups is 1. The summed E-state index contributed by atoms with van der Waals surface area (Å²) in [5.74, 6) is -5.90. The van der Waals surface area contributed by atoms with Crippen molar-refractivity contribution in [3.05, 3.63) is 137 Å². The average Bonchev–Trinajstić information content (AvgIpc) is 1.67. The Hall–Kier alpha value is -7.62. The highest BCUT2D eigenvalue weighted by Crippen LogP contribution is 2.36. The van der Waals surface area contributed by atoms with E-state index in [-0.39, 0.29) is 105 Å². The van der Waals surface area contributed by atoms with Crippen LogP contribution in [0.5, 0.6) is 0 Å². The van der Waals surface area contributed by atoms with Gasteiger partial charge in [0.05, 0.1) is 42.5 Å². The lowest BCUT2D eigenvalue weighted by Crippen LogP contribution is -2.40. The Labute approximate surface area is 491 Å². The largest absolute Gasteiger partial charge is 0.471 e. The summed E-state index contributed by atoms with van der Waals surface area (Å²) in [5, 5.41) is 8.73. The molecule has 9 rings (SSSR count). The number of imidazole rings is 2. The van der Waals surface area contributed by atoms with Gasteiger partial charge in [0.15, 0.2) is 29.1 Å². The van der Waals surface area contributed by atoms with Gasteiger partial charge in [0.1, 0.15) is 25.1 Å². The van der Waals surface area contributed by atoms with Gasteiger partial charge in [-0.2, -0.15) is 10.2 Å². The summed E-state index contributed by atoms with van der Waals surface area (Å²) in [6.45, 7) is 10.5. The minimum atomic E-state index is -4.80. The molecule has 0 amide bonds. The van der Waals surface area contributed by atoms with Crippen molar-refractivity contribution < 1.29 is 55.4 Å². The Kier molecular flexibility index (Phi) is 21.3. The topological polar surface area (TPSA) is 271 Å². The monoisotopic (exact) mass is 1220 g/mol. The Morgan fingerprint density at radius 3 is 1.56 bits per heavy atom. The van der Waals surface area contributed by atoms with Crippen molar-refractivity contribution in [1.29, 1.82) is 0 Å². The molecule has 1 atom stereocenters. The molecule has 1 unspecified atom stereocenters. The van der Waals surface area contributed by atoms with E-state index in [2.05, 4.69) is 19.7 Å². The van der Waals surface area contributed by atoms with E-state index in [1.54, 1.807) is 66.8 Å². The van der Waals surface area contributed by atoms with Gasteiger partial charge in [0, 0.05) is 63.5 Å². The summed E-state index contributed by atoms with van der Waals surface area (Å²) in [4.78, 5) is 93.3. The molecule has 0 spiro atoms. The molecule has 0 bridgehead atoms. The Morgan fingerprint density at radius 2 is 1.14 bits per heavy atom. The van der Waals surface area contributed by atoms with Gasteiger partial charge < -0.3 is 24.0 Å². The first-order valence-electron chi connectivity index (χ1n) is 27.9. The zero-order valence-electron chi connectivity index (χ0n) is 48.2. The fourth-order valence-electron chi connectivity index (χ4n) is 10.1. The molecule has 1 aliphatic rings. The average molecular weight is 1230 g/mol. The molecule has 1 aliphatic carbocycles. The maximum absolute atomic E-state index is 13.9. The zero-order valence-corrected chi connectivity index (χ0v) is 49.1. The number of hydrogen-bond donors (Lipinski definition) is 2. The molecular weight excluding hydrogens is 1150 g/mol. The SMILES string of the molecule is C.CCCn1c(=O)c2c(nc(-c3cnn(Cc4cccc(C(C)(F)F)c4)c3)n2COC(C)OC(=O)C2CCCCC2)n(CC)c1=O.CCCn1c(=O)c2c(nc(-c3cnn(Cc4cccc(C(C)(F)F)c4)c3)n2COCOP(=O)(O)O)n(CC)c1=O. The number of phosphoric ester groups is 1. The lowest BCUT2D eigenvalue weighted by Gasteiger charge is -2.22. The van der Waals surface area contributed by atoms with Crippen LogP contribution in [0.3, 0.4) is 0 Å². The van der Waals surface area contributed by atoms with Crippen LogP contribution in [0.25, 0.3) is 45.1 Å². The van der Waals surface area contributed by atoms with Crippen molar-refractivity contribution >= 4 is 36.1 Å². The number of benzene rings is 2. The van der Waals surface area contributed by atoms with Crippen molar-refractivity contribution in [2.75, 3.05) is 6.79 Å². The van der Waals surface area contributed by atoms with E-state index in [0.717, 1.165) is 50.5 Å². The molecule has 0 saturated heterocycles. The fraction of sp³-hybridized carbons (Fsp3) is 0.491. The number of hydrogen-bond acceptors (Lipinski definition) is 14. The first-order valence-corrected chi connectivity index (χ1v) is 29.5. The van der Waals surface area contributed by atoms with E-state index in [4.69, 9.17) is 29.0 Å². The van der Waals surface area contributed by atoms with Crippen LogP contribution >= 0.6 is 7.82 Å². The highest BCUT2D eigenvalue weighted by molar-refractivity contribution is 7.46. The van der Waals surface area contributed by atoms with Crippen LogP contribution in [0.15, 0.2) is 92.5 Å². The number of phosphoric acid groups is 1. The summed E-state index contributed by atoms with van der Waals surface area (Å²) >= 11 is 0. The number of carbonyl (C=O) groups excluding carboxylic acids is 1. The van der Waals surface area contributed by atoms with Crippen molar-refractivity contribution in [1.82, 2.24) is 56.9 Å². The van der Waals surface area contributed by atoms with E-state index in [9.17, 15) is 46.1 Å². The van der Waals surface area contributed by atoms with Crippen LogP contribution in [0, 0.1) is 5.92 Å². The number of rotatable bonds is 24. The van der Waals surface area contributed by atoms with Gasteiger partial charge >= 0.3 is 25.2 Å². The molecule has 1 saturated carbocycles. The highest BCUT2D eigenvalue weighted by Gasteiger charge is 2.29. The number of ether oxygens (including phenoxy) is 3. The maximum atomic E-state index is 13.9. The molecule has 6 heterocycles. The molecule has 0 radical (unpaired) electrons. The Bertz CT molecular complexity index is 3970. The lowest BCUT2D eigenvalue weighted by molar-refractivity contribution is -0.186. The Morgan fingerprint density at radius 1 is 0.686 bits per heavy atom. The Balaban J connectivity index is 0.000000245. The molecule has 29 heteroatoms. The number of aryl methyl sites for hydroxylation is 2. The number of nitrogens with zero attached hydrogens (tertiary/aromatic N) is 12. The molecule has 6 aromatic heterocycles. The van der Waals surface area contributed by atoms with E-state index < -0.39 is 62.0 Å². The summed E-state index contributed by atoms with van der Waals surface area (Å²) in [7, 11) is -4.80. The van der Waals surface area contributed by atoms with Crippen LogP contribution in [-0.4, -0.2) is 85.8 Å². The number of aromatic nitrogens is 12. The zero-order chi connectivity index (χ0) is 61.5. The van der Waals surface area contributed by atoms with E-state index in [1.807, 2.05) is 13.8 Å². The first-order chi connectivity index (χ1) is 40.3. The third-order valence-electron chi connectivity index (χ3n) is 14.3.